The van der Waals surface area contributed by atoms with Crippen LogP contribution in [0.4, 0.5) is 4.39 Å². The molecule has 0 amide bonds. The SMILES string of the molecule is C[Si](C)(C)CCOCn1ccc2c(-c3cn[nH]c3)c(F)cnc21. The maximum absolute atomic E-state index is 14.2. The van der Waals surface area contributed by atoms with Crippen LogP contribution in [0.2, 0.25) is 25.7 Å². The normalized spacial score (nSPS) is 12.2. The van der Waals surface area contributed by atoms with Crippen LogP contribution in [0.1, 0.15) is 0 Å². The number of ether oxygens (including phenoxy) is 1. The summed E-state index contributed by atoms with van der Waals surface area (Å²) in [4.78, 5) is 4.22. The lowest BCUT2D eigenvalue weighted by Crippen LogP contribution is -2.22. The molecule has 7 heteroatoms. The molecule has 5 nitrogen and oxygen atoms in total. The number of halogens is 1. The molecule has 0 bridgehead atoms. The highest BCUT2D eigenvalue weighted by molar-refractivity contribution is 6.76. The number of nitrogens with zero attached hydrogens (tertiary/aromatic N) is 3. The predicted molar refractivity (Wildman–Crippen MR) is 91.4 cm³/mol. The molecule has 0 unspecified atom stereocenters. The van der Waals surface area contributed by atoms with E-state index < -0.39 is 8.07 Å². The van der Waals surface area contributed by atoms with Gasteiger partial charge < -0.3 is 9.30 Å². The van der Waals surface area contributed by atoms with Gasteiger partial charge in [0.2, 0.25) is 0 Å². The molecule has 0 aliphatic carbocycles. The summed E-state index contributed by atoms with van der Waals surface area (Å²) in [6, 6.07) is 2.99. The van der Waals surface area contributed by atoms with Crippen LogP contribution in [-0.4, -0.2) is 34.4 Å². The van der Waals surface area contributed by atoms with Crippen molar-refractivity contribution in [3.8, 4) is 11.1 Å². The number of fused-ring (bicyclic) bond motifs is 1. The molecule has 3 rings (SSSR count). The van der Waals surface area contributed by atoms with E-state index in [9.17, 15) is 4.39 Å². The molecule has 0 aliphatic heterocycles. The first-order valence-corrected chi connectivity index (χ1v) is 11.4. The van der Waals surface area contributed by atoms with E-state index in [0.717, 1.165) is 23.7 Å². The van der Waals surface area contributed by atoms with Crippen molar-refractivity contribution in [1.82, 2.24) is 19.7 Å². The number of hydrogen-bond donors (Lipinski definition) is 1. The Balaban J connectivity index is 1.83. The largest absolute Gasteiger partial charge is 0.361 e. The van der Waals surface area contributed by atoms with E-state index in [0.29, 0.717) is 17.9 Å². The molecule has 0 aromatic carbocycles. The van der Waals surface area contributed by atoms with E-state index in [1.165, 1.54) is 6.20 Å². The Morgan fingerprint density at radius 3 is 2.83 bits per heavy atom. The molecule has 1 N–H and O–H groups in total. The monoisotopic (exact) mass is 332 g/mol. The van der Waals surface area contributed by atoms with Gasteiger partial charge in [-0.1, -0.05) is 19.6 Å². The number of hydrogen-bond acceptors (Lipinski definition) is 3. The van der Waals surface area contributed by atoms with Crippen LogP contribution in [-0.2, 0) is 11.5 Å². The minimum absolute atomic E-state index is 0.351. The Kier molecular flexibility index (Phi) is 4.32. The van der Waals surface area contributed by atoms with E-state index >= 15 is 0 Å². The van der Waals surface area contributed by atoms with Gasteiger partial charge in [-0.3, -0.25) is 5.10 Å². The van der Waals surface area contributed by atoms with Crippen molar-refractivity contribution in [2.75, 3.05) is 6.61 Å². The molecule has 3 aromatic heterocycles. The van der Waals surface area contributed by atoms with Gasteiger partial charge in [-0.05, 0) is 12.1 Å². The van der Waals surface area contributed by atoms with Gasteiger partial charge in [0.15, 0.2) is 0 Å². The average Bonchev–Trinajstić information content (AvgIpc) is 3.12. The van der Waals surface area contributed by atoms with Gasteiger partial charge in [0.25, 0.3) is 0 Å². The zero-order valence-corrected chi connectivity index (χ0v) is 14.6. The minimum Gasteiger partial charge on any atom is -0.361 e. The molecule has 23 heavy (non-hydrogen) atoms. The van der Waals surface area contributed by atoms with Crippen molar-refractivity contribution in [2.24, 2.45) is 0 Å². The predicted octanol–water partition coefficient (Wildman–Crippen LogP) is 3.88. The summed E-state index contributed by atoms with van der Waals surface area (Å²) in [5.41, 5.74) is 1.95. The van der Waals surface area contributed by atoms with Gasteiger partial charge in [0.1, 0.15) is 18.2 Å². The van der Waals surface area contributed by atoms with Crippen LogP contribution < -0.4 is 0 Å². The van der Waals surface area contributed by atoms with Gasteiger partial charge in [-0.25, -0.2) is 9.37 Å². The topological polar surface area (TPSA) is 55.7 Å². The van der Waals surface area contributed by atoms with Gasteiger partial charge in [0.05, 0.1) is 12.4 Å². The fourth-order valence-electron chi connectivity index (χ4n) is 2.44. The quantitative estimate of drug-likeness (QED) is 0.550. The number of aromatic amines is 1. The standard InChI is InChI=1S/C16H21FN4OSi/c1-23(2,3)7-6-22-11-21-5-4-13-15(12-8-19-20-9-12)14(17)10-18-16(13)21/h4-5,8-10H,6-7,11H2,1-3H3,(H,19,20). The summed E-state index contributed by atoms with van der Waals surface area (Å²) in [6.45, 7) is 8.14. The number of pyridine rings is 1. The molecular formula is C16H21FN4OSi. The van der Waals surface area contributed by atoms with Crippen molar-refractivity contribution in [1.29, 1.82) is 0 Å². The lowest BCUT2D eigenvalue weighted by atomic mass is 10.1. The van der Waals surface area contributed by atoms with Gasteiger partial charge in [-0.15, -0.1) is 0 Å². The lowest BCUT2D eigenvalue weighted by Gasteiger charge is -2.15. The van der Waals surface area contributed by atoms with Crippen molar-refractivity contribution < 1.29 is 9.13 Å². The van der Waals surface area contributed by atoms with Crippen LogP contribution in [0.15, 0.2) is 30.9 Å². The molecule has 0 fully saturated rings. The van der Waals surface area contributed by atoms with Crippen molar-refractivity contribution >= 4 is 19.1 Å². The van der Waals surface area contributed by atoms with Crippen LogP contribution in [0.3, 0.4) is 0 Å². The van der Waals surface area contributed by atoms with E-state index in [2.05, 4.69) is 34.8 Å². The van der Waals surface area contributed by atoms with Crippen LogP contribution in [0, 0.1) is 5.82 Å². The highest BCUT2D eigenvalue weighted by Gasteiger charge is 2.15. The second-order valence-corrected chi connectivity index (χ2v) is 12.5. The Morgan fingerprint density at radius 1 is 1.30 bits per heavy atom. The molecule has 0 saturated carbocycles. The number of nitrogens with one attached hydrogen (secondary N) is 1. The van der Waals surface area contributed by atoms with Crippen LogP contribution in [0.5, 0.6) is 0 Å². The second kappa shape index (κ2) is 6.25. The van der Waals surface area contributed by atoms with Crippen molar-refractivity contribution in [3.05, 3.63) is 36.7 Å². The van der Waals surface area contributed by atoms with Gasteiger partial charge >= 0.3 is 0 Å². The third-order valence-corrected chi connectivity index (χ3v) is 5.46. The molecule has 3 heterocycles. The first-order valence-electron chi connectivity index (χ1n) is 7.66. The average molecular weight is 332 g/mol. The minimum atomic E-state index is -1.10. The summed E-state index contributed by atoms with van der Waals surface area (Å²) in [7, 11) is -1.10. The summed E-state index contributed by atoms with van der Waals surface area (Å²) in [5.74, 6) is -0.351. The molecule has 122 valence electrons. The molecule has 3 aromatic rings. The van der Waals surface area contributed by atoms with Crippen LogP contribution in [0.25, 0.3) is 22.2 Å². The fraction of sp³-hybridized carbons (Fsp3) is 0.375. The third kappa shape index (κ3) is 3.51. The highest BCUT2D eigenvalue weighted by atomic mass is 28.3. The lowest BCUT2D eigenvalue weighted by molar-refractivity contribution is 0.0899. The van der Waals surface area contributed by atoms with E-state index in [4.69, 9.17) is 4.74 Å². The highest BCUT2D eigenvalue weighted by Crippen LogP contribution is 2.30. The summed E-state index contributed by atoms with van der Waals surface area (Å²) < 4.78 is 21.9. The van der Waals surface area contributed by atoms with E-state index in [1.807, 2.05) is 16.8 Å². The number of rotatable bonds is 6. The van der Waals surface area contributed by atoms with Crippen molar-refractivity contribution in [3.63, 3.8) is 0 Å². The third-order valence-electron chi connectivity index (χ3n) is 3.76. The Morgan fingerprint density at radius 2 is 2.13 bits per heavy atom. The van der Waals surface area contributed by atoms with E-state index in [1.54, 1.807) is 12.4 Å². The first kappa shape index (κ1) is 15.9. The summed E-state index contributed by atoms with van der Waals surface area (Å²) in [5, 5.41) is 7.38. The molecule has 0 aliphatic rings. The number of H-pyrrole nitrogens is 1. The summed E-state index contributed by atoms with van der Waals surface area (Å²) in [6.07, 6.45) is 6.43. The Labute approximate surface area is 135 Å². The first-order chi connectivity index (χ1) is 11.0. The fourth-order valence-corrected chi connectivity index (χ4v) is 3.20. The molecule has 0 spiro atoms. The molecule has 0 saturated heterocycles. The smallest absolute Gasteiger partial charge is 0.150 e. The van der Waals surface area contributed by atoms with Gasteiger partial charge in [-0.2, -0.15) is 5.10 Å². The molecular weight excluding hydrogens is 311 g/mol. The Bertz CT molecular complexity index is 792. The van der Waals surface area contributed by atoms with Gasteiger partial charge in [0, 0.05) is 43.6 Å². The summed E-state index contributed by atoms with van der Waals surface area (Å²) >= 11 is 0. The molecule has 0 radical (unpaired) electrons. The number of aromatic nitrogens is 4. The maximum Gasteiger partial charge on any atom is 0.150 e. The zero-order chi connectivity index (χ0) is 16.4. The molecule has 0 atom stereocenters. The van der Waals surface area contributed by atoms with E-state index in [-0.39, 0.29) is 5.82 Å². The maximum atomic E-state index is 14.2. The Hall–Kier alpha value is -1.99. The van der Waals surface area contributed by atoms with Crippen LogP contribution >= 0.6 is 0 Å². The zero-order valence-electron chi connectivity index (χ0n) is 13.6. The second-order valence-electron chi connectivity index (χ2n) is 6.84. The van der Waals surface area contributed by atoms with Crippen molar-refractivity contribution in [2.45, 2.75) is 32.4 Å².